The van der Waals surface area contributed by atoms with Crippen LogP contribution < -0.4 is 5.32 Å². The molecular weight excluding hydrogens is 321 g/mol. The lowest BCUT2D eigenvalue weighted by atomic mass is 10.2. The Morgan fingerprint density at radius 2 is 2.04 bits per heavy atom. The van der Waals surface area contributed by atoms with E-state index in [2.05, 4.69) is 5.32 Å². The van der Waals surface area contributed by atoms with Crippen LogP contribution in [-0.4, -0.2) is 34.0 Å². The van der Waals surface area contributed by atoms with Crippen molar-refractivity contribution in [1.82, 2.24) is 5.32 Å². The highest BCUT2D eigenvalue weighted by Crippen LogP contribution is 2.27. The molecule has 7 heteroatoms. The number of halogens is 1. The second-order valence-corrected chi connectivity index (χ2v) is 5.73. The number of dihydropyridines is 1. The number of nitrogens with one attached hydrogen (secondary N) is 1. The maximum atomic E-state index is 13.2. The minimum Gasteiger partial charge on any atom is -0.467 e. The zero-order valence-corrected chi connectivity index (χ0v) is 13.9. The molecule has 0 saturated heterocycles. The van der Waals surface area contributed by atoms with Crippen molar-refractivity contribution >= 4 is 11.8 Å². The standard InChI is InChI=1S/C16H20FNO4S/c1-19-10-21-15-7-14(8-18-16(15)22-11-20-2)23-9-12-4-3-5-13(17)6-12/h3-8,16,18H,9-11H2,1-2H3. The summed E-state index contributed by atoms with van der Waals surface area (Å²) in [5.74, 6) is 1.03. The third kappa shape index (κ3) is 5.87. The van der Waals surface area contributed by atoms with E-state index in [0.717, 1.165) is 10.5 Å². The monoisotopic (exact) mass is 341 g/mol. The quantitative estimate of drug-likeness (QED) is 0.697. The fraction of sp³-hybridized carbons (Fsp3) is 0.375. The molecule has 0 aromatic heterocycles. The number of hydrogen-bond donors (Lipinski definition) is 1. The fourth-order valence-corrected chi connectivity index (χ4v) is 2.75. The van der Waals surface area contributed by atoms with Gasteiger partial charge in [0.05, 0.1) is 0 Å². The average molecular weight is 341 g/mol. The molecule has 0 amide bonds. The maximum absolute atomic E-state index is 13.2. The van der Waals surface area contributed by atoms with Crippen LogP contribution in [0.4, 0.5) is 4.39 Å². The first-order valence-electron chi connectivity index (χ1n) is 7.00. The van der Waals surface area contributed by atoms with Crippen LogP contribution in [-0.2, 0) is 24.7 Å². The summed E-state index contributed by atoms with van der Waals surface area (Å²) in [6.45, 7) is 0.271. The van der Waals surface area contributed by atoms with Crippen LogP contribution in [0.3, 0.4) is 0 Å². The number of allylic oxidation sites excluding steroid dienone is 1. The molecule has 23 heavy (non-hydrogen) atoms. The second-order valence-electron chi connectivity index (χ2n) is 4.68. The average Bonchev–Trinajstić information content (AvgIpc) is 2.57. The van der Waals surface area contributed by atoms with Crippen LogP contribution in [0.15, 0.2) is 47.2 Å². The molecule has 1 heterocycles. The molecule has 0 spiro atoms. The van der Waals surface area contributed by atoms with E-state index in [-0.39, 0.29) is 19.4 Å². The maximum Gasteiger partial charge on any atom is 0.188 e. The first kappa shape index (κ1) is 17.8. The van der Waals surface area contributed by atoms with E-state index in [9.17, 15) is 4.39 Å². The van der Waals surface area contributed by atoms with Gasteiger partial charge in [0, 0.05) is 31.1 Å². The van der Waals surface area contributed by atoms with Crippen molar-refractivity contribution < 1.29 is 23.3 Å². The predicted octanol–water partition coefficient (Wildman–Crippen LogP) is 2.95. The number of ether oxygens (including phenoxy) is 4. The highest BCUT2D eigenvalue weighted by atomic mass is 32.2. The topological polar surface area (TPSA) is 49.0 Å². The van der Waals surface area contributed by atoms with Gasteiger partial charge in [0.15, 0.2) is 13.0 Å². The molecular formula is C16H20FNO4S. The van der Waals surface area contributed by atoms with Crippen molar-refractivity contribution in [3.8, 4) is 0 Å². The third-order valence-corrected chi connectivity index (χ3v) is 3.96. The Kier molecular flexibility index (Phi) is 7.41. The molecule has 0 fully saturated rings. The molecule has 1 N–H and O–H groups in total. The van der Waals surface area contributed by atoms with Gasteiger partial charge in [0.25, 0.3) is 0 Å². The Balaban J connectivity index is 1.96. The Labute approximate surface area is 139 Å². The van der Waals surface area contributed by atoms with Gasteiger partial charge in [0.1, 0.15) is 18.4 Å². The smallest absolute Gasteiger partial charge is 0.188 e. The van der Waals surface area contributed by atoms with E-state index in [1.165, 1.54) is 12.1 Å². The highest BCUT2D eigenvalue weighted by Gasteiger charge is 2.20. The van der Waals surface area contributed by atoms with Gasteiger partial charge in [-0.15, -0.1) is 11.8 Å². The first-order chi connectivity index (χ1) is 11.2. The van der Waals surface area contributed by atoms with Gasteiger partial charge in [-0.2, -0.15) is 0 Å². The number of thioether (sulfide) groups is 1. The fourth-order valence-electron chi connectivity index (χ4n) is 1.88. The van der Waals surface area contributed by atoms with Crippen LogP contribution >= 0.6 is 11.8 Å². The van der Waals surface area contributed by atoms with Gasteiger partial charge in [0.2, 0.25) is 0 Å². The second kappa shape index (κ2) is 9.57. The largest absolute Gasteiger partial charge is 0.467 e. The minimum absolute atomic E-state index is 0.127. The van der Waals surface area contributed by atoms with Crippen molar-refractivity contribution in [1.29, 1.82) is 0 Å². The molecule has 0 saturated carbocycles. The van der Waals surface area contributed by atoms with Crippen molar-refractivity contribution in [3.05, 3.63) is 58.6 Å². The van der Waals surface area contributed by atoms with Crippen molar-refractivity contribution in [2.75, 3.05) is 27.8 Å². The zero-order valence-electron chi connectivity index (χ0n) is 13.1. The molecule has 1 atom stereocenters. The van der Waals surface area contributed by atoms with Crippen molar-refractivity contribution in [2.24, 2.45) is 0 Å². The van der Waals surface area contributed by atoms with Gasteiger partial charge in [-0.25, -0.2) is 4.39 Å². The van der Waals surface area contributed by atoms with Crippen LogP contribution in [0.1, 0.15) is 5.56 Å². The Hall–Kier alpha value is -1.54. The van der Waals surface area contributed by atoms with Crippen LogP contribution in [0.25, 0.3) is 0 Å². The summed E-state index contributed by atoms with van der Waals surface area (Å²) in [6.07, 6.45) is 3.28. The van der Waals surface area contributed by atoms with Gasteiger partial charge in [-0.1, -0.05) is 12.1 Å². The van der Waals surface area contributed by atoms with E-state index >= 15 is 0 Å². The summed E-state index contributed by atoms with van der Waals surface area (Å²) in [5, 5.41) is 3.10. The summed E-state index contributed by atoms with van der Waals surface area (Å²) in [7, 11) is 3.11. The van der Waals surface area contributed by atoms with Gasteiger partial charge >= 0.3 is 0 Å². The molecule has 1 unspecified atom stereocenters. The molecule has 1 aliphatic heterocycles. The third-order valence-electron chi connectivity index (χ3n) is 2.91. The summed E-state index contributed by atoms with van der Waals surface area (Å²) in [4.78, 5) is 0.956. The molecule has 0 aliphatic carbocycles. The molecule has 5 nitrogen and oxygen atoms in total. The van der Waals surface area contributed by atoms with E-state index in [1.54, 1.807) is 32.0 Å². The molecule has 126 valence electrons. The van der Waals surface area contributed by atoms with Crippen LogP contribution in [0.2, 0.25) is 0 Å². The Bertz CT molecular complexity index is 565. The number of methoxy groups -OCH3 is 2. The van der Waals surface area contributed by atoms with Crippen molar-refractivity contribution in [3.63, 3.8) is 0 Å². The van der Waals surface area contributed by atoms with E-state index in [0.29, 0.717) is 11.5 Å². The first-order valence-corrected chi connectivity index (χ1v) is 7.99. The van der Waals surface area contributed by atoms with Gasteiger partial charge < -0.3 is 24.3 Å². The van der Waals surface area contributed by atoms with Crippen LogP contribution in [0.5, 0.6) is 0 Å². The van der Waals surface area contributed by atoms with Crippen LogP contribution in [0, 0.1) is 5.82 Å². The normalized spacial score (nSPS) is 17.3. The lowest BCUT2D eigenvalue weighted by Gasteiger charge is -2.25. The summed E-state index contributed by atoms with van der Waals surface area (Å²) in [6, 6.07) is 6.56. The number of rotatable bonds is 9. The predicted molar refractivity (Wildman–Crippen MR) is 86.7 cm³/mol. The summed E-state index contributed by atoms with van der Waals surface area (Å²) >= 11 is 1.57. The molecule has 0 radical (unpaired) electrons. The van der Waals surface area contributed by atoms with Gasteiger partial charge in [-0.05, 0) is 23.8 Å². The summed E-state index contributed by atoms with van der Waals surface area (Å²) < 4.78 is 34.0. The SMILES string of the molecule is COCOC1=CC(SCc2cccc(F)c2)=CNC1OCOC. The molecule has 1 aliphatic rings. The van der Waals surface area contributed by atoms with E-state index in [4.69, 9.17) is 18.9 Å². The summed E-state index contributed by atoms with van der Waals surface area (Å²) in [5.41, 5.74) is 0.918. The highest BCUT2D eigenvalue weighted by molar-refractivity contribution is 8.02. The van der Waals surface area contributed by atoms with Crippen molar-refractivity contribution in [2.45, 2.75) is 12.0 Å². The number of hydrogen-bond acceptors (Lipinski definition) is 6. The lowest BCUT2D eigenvalue weighted by molar-refractivity contribution is -0.0968. The molecule has 2 rings (SSSR count). The Morgan fingerprint density at radius 1 is 1.22 bits per heavy atom. The molecule has 0 bridgehead atoms. The molecule has 1 aromatic carbocycles. The van der Waals surface area contributed by atoms with E-state index < -0.39 is 6.23 Å². The zero-order chi connectivity index (χ0) is 16.5. The molecule has 1 aromatic rings. The number of benzene rings is 1. The van der Waals surface area contributed by atoms with E-state index in [1.807, 2.05) is 18.3 Å². The lowest BCUT2D eigenvalue weighted by Crippen LogP contribution is -2.34. The Morgan fingerprint density at radius 3 is 2.78 bits per heavy atom. The minimum atomic E-state index is -0.427. The van der Waals surface area contributed by atoms with Gasteiger partial charge in [-0.3, -0.25) is 0 Å².